The van der Waals surface area contributed by atoms with Crippen molar-refractivity contribution in [3.8, 4) is 11.1 Å². The predicted octanol–water partition coefficient (Wildman–Crippen LogP) is 5.47. The van der Waals surface area contributed by atoms with E-state index in [1.807, 2.05) is 24.3 Å². The molecule has 23 heavy (non-hydrogen) atoms. The summed E-state index contributed by atoms with van der Waals surface area (Å²) in [6.07, 6.45) is 4.51. The van der Waals surface area contributed by atoms with Crippen LogP contribution in [-0.4, -0.2) is 12.3 Å². The summed E-state index contributed by atoms with van der Waals surface area (Å²) in [5.74, 6) is 0.111. The standard InChI is InChI=1S/C21H23NO/c1-14-9-7-8-12-22-21-19(14)15(2)13-18(16(3)23)20(21)17-10-5-4-6-11-17/h4-6,9-11,13,22H,7-8,12H2,1-3H3/b14-9+. The summed E-state index contributed by atoms with van der Waals surface area (Å²) >= 11 is 0. The third-order valence-electron chi connectivity index (χ3n) is 4.49. The van der Waals surface area contributed by atoms with Crippen LogP contribution in [0.25, 0.3) is 16.7 Å². The van der Waals surface area contributed by atoms with Gasteiger partial charge in [0.15, 0.2) is 5.78 Å². The van der Waals surface area contributed by atoms with Crippen LogP contribution in [0.5, 0.6) is 0 Å². The van der Waals surface area contributed by atoms with Crippen molar-refractivity contribution in [2.24, 2.45) is 0 Å². The van der Waals surface area contributed by atoms with Gasteiger partial charge in [0.25, 0.3) is 0 Å². The summed E-state index contributed by atoms with van der Waals surface area (Å²) in [5.41, 5.74) is 7.73. The van der Waals surface area contributed by atoms with Gasteiger partial charge < -0.3 is 5.32 Å². The lowest BCUT2D eigenvalue weighted by Crippen LogP contribution is -2.11. The topological polar surface area (TPSA) is 29.1 Å². The van der Waals surface area contributed by atoms with Crippen LogP contribution < -0.4 is 5.32 Å². The van der Waals surface area contributed by atoms with E-state index in [0.717, 1.165) is 47.3 Å². The molecule has 2 heteroatoms. The number of rotatable bonds is 2. The zero-order valence-electron chi connectivity index (χ0n) is 14.1. The number of hydrogen-bond acceptors (Lipinski definition) is 2. The normalized spacial score (nSPS) is 16.4. The van der Waals surface area contributed by atoms with Gasteiger partial charge in [-0.1, -0.05) is 36.4 Å². The van der Waals surface area contributed by atoms with Gasteiger partial charge in [0.05, 0.1) is 5.69 Å². The van der Waals surface area contributed by atoms with Crippen LogP contribution in [-0.2, 0) is 0 Å². The molecule has 1 aliphatic rings. The van der Waals surface area contributed by atoms with Gasteiger partial charge in [-0.25, -0.2) is 0 Å². The van der Waals surface area contributed by atoms with E-state index in [2.05, 4.69) is 37.4 Å². The molecular formula is C21H23NO. The van der Waals surface area contributed by atoms with Crippen molar-refractivity contribution in [3.05, 3.63) is 59.2 Å². The van der Waals surface area contributed by atoms with Gasteiger partial charge in [-0.2, -0.15) is 0 Å². The molecule has 0 saturated carbocycles. The summed E-state index contributed by atoms with van der Waals surface area (Å²) in [6.45, 7) is 6.85. The third-order valence-corrected chi connectivity index (χ3v) is 4.49. The quantitative estimate of drug-likeness (QED) is 0.745. The van der Waals surface area contributed by atoms with Crippen molar-refractivity contribution < 1.29 is 4.79 Å². The lowest BCUT2D eigenvalue weighted by atomic mass is 9.86. The molecule has 2 aromatic rings. The lowest BCUT2D eigenvalue weighted by Gasteiger charge is -2.24. The average molecular weight is 305 g/mol. The van der Waals surface area contributed by atoms with E-state index < -0.39 is 0 Å². The molecule has 0 spiro atoms. The van der Waals surface area contributed by atoms with Crippen molar-refractivity contribution in [1.82, 2.24) is 0 Å². The van der Waals surface area contributed by atoms with Crippen molar-refractivity contribution in [1.29, 1.82) is 0 Å². The maximum atomic E-state index is 12.3. The van der Waals surface area contributed by atoms with E-state index in [4.69, 9.17) is 0 Å². The van der Waals surface area contributed by atoms with Gasteiger partial charge in [0.2, 0.25) is 0 Å². The minimum atomic E-state index is 0.111. The van der Waals surface area contributed by atoms with Gasteiger partial charge in [0, 0.05) is 23.2 Å². The second-order valence-electron chi connectivity index (χ2n) is 6.24. The number of hydrogen-bond donors (Lipinski definition) is 1. The van der Waals surface area contributed by atoms with Crippen LogP contribution in [0.3, 0.4) is 0 Å². The molecule has 0 unspecified atom stereocenters. The molecule has 0 atom stereocenters. The van der Waals surface area contributed by atoms with Crippen LogP contribution in [0.1, 0.15) is 48.2 Å². The molecular weight excluding hydrogens is 282 g/mol. The fraction of sp³-hybridized carbons (Fsp3) is 0.286. The number of anilines is 1. The van der Waals surface area contributed by atoms with Crippen molar-refractivity contribution in [2.75, 3.05) is 11.9 Å². The number of nitrogens with one attached hydrogen (secondary N) is 1. The summed E-state index contributed by atoms with van der Waals surface area (Å²) < 4.78 is 0. The average Bonchev–Trinajstić information content (AvgIpc) is 2.52. The molecule has 0 radical (unpaired) electrons. The molecule has 3 rings (SSSR count). The fourth-order valence-corrected chi connectivity index (χ4v) is 3.42. The molecule has 1 heterocycles. The van der Waals surface area contributed by atoms with Crippen LogP contribution in [0, 0.1) is 6.92 Å². The van der Waals surface area contributed by atoms with E-state index in [1.54, 1.807) is 6.92 Å². The fourth-order valence-electron chi connectivity index (χ4n) is 3.42. The first-order valence-corrected chi connectivity index (χ1v) is 8.24. The van der Waals surface area contributed by atoms with E-state index in [1.165, 1.54) is 11.1 Å². The molecule has 2 nitrogen and oxygen atoms in total. The Hall–Kier alpha value is -2.35. The minimum Gasteiger partial charge on any atom is -0.384 e. The summed E-state index contributed by atoms with van der Waals surface area (Å²) in [5, 5.41) is 3.61. The monoisotopic (exact) mass is 305 g/mol. The Morgan fingerprint density at radius 1 is 1.09 bits per heavy atom. The highest BCUT2D eigenvalue weighted by atomic mass is 16.1. The smallest absolute Gasteiger partial charge is 0.160 e. The number of fused-ring (bicyclic) bond motifs is 1. The molecule has 0 aliphatic carbocycles. The van der Waals surface area contributed by atoms with Gasteiger partial charge >= 0.3 is 0 Å². The van der Waals surface area contributed by atoms with E-state index in [0.29, 0.717) is 0 Å². The Labute approximate surface area is 138 Å². The number of allylic oxidation sites excluding steroid dienone is 2. The zero-order chi connectivity index (χ0) is 16.4. The molecule has 0 saturated heterocycles. The van der Waals surface area contributed by atoms with Crippen LogP contribution in [0.4, 0.5) is 5.69 Å². The first-order chi connectivity index (χ1) is 11.1. The van der Waals surface area contributed by atoms with Gasteiger partial charge in [-0.3, -0.25) is 4.79 Å². The highest BCUT2D eigenvalue weighted by Crippen LogP contribution is 2.40. The molecule has 1 N–H and O–H groups in total. The molecule has 0 bridgehead atoms. The Balaban J connectivity index is 2.38. The zero-order valence-corrected chi connectivity index (χ0v) is 14.1. The number of ketones is 1. The van der Waals surface area contributed by atoms with E-state index in [-0.39, 0.29) is 5.78 Å². The first kappa shape index (κ1) is 15.5. The predicted molar refractivity (Wildman–Crippen MR) is 98.0 cm³/mol. The van der Waals surface area contributed by atoms with Crippen LogP contribution >= 0.6 is 0 Å². The molecule has 0 fully saturated rings. The Kier molecular flexibility index (Phi) is 4.33. The number of Topliss-reactive ketones (excluding diaryl/α,β-unsaturated/α-hetero) is 1. The van der Waals surface area contributed by atoms with Gasteiger partial charge in [0.1, 0.15) is 0 Å². The third kappa shape index (κ3) is 2.94. The SMILES string of the molecule is CC(=O)c1cc(C)c2c(c1-c1ccccc1)NCCC/C=C/2C. The maximum Gasteiger partial charge on any atom is 0.160 e. The maximum absolute atomic E-state index is 12.3. The molecule has 1 aliphatic heterocycles. The molecule has 0 amide bonds. The summed E-state index contributed by atoms with van der Waals surface area (Å²) in [7, 11) is 0. The largest absolute Gasteiger partial charge is 0.384 e. The highest BCUT2D eigenvalue weighted by Gasteiger charge is 2.21. The number of carbonyl (C=O) groups is 1. The minimum absolute atomic E-state index is 0.111. The highest BCUT2D eigenvalue weighted by molar-refractivity contribution is 6.06. The van der Waals surface area contributed by atoms with Crippen LogP contribution in [0.15, 0.2) is 42.5 Å². The van der Waals surface area contributed by atoms with E-state index in [9.17, 15) is 4.79 Å². The second kappa shape index (κ2) is 6.41. The molecule has 118 valence electrons. The molecule has 2 aromatic carbocycles. The lowest BCUT2D eigenvalue weighted by molar-refractivity contribution is 0.101. The van der Waals surface area contributed by atoms with Crippen LogP contribution in [0.2, 0.25) is 0 Å². The number of carbonyl (C=O) groups excluding carboxylic acids is 1. The number of aryl methyl sites for hydroxylation is 1. The van der Waals surface area contributed by atoms with Gasteiger partial charge in [-0.05, 0) is 56.4 Å². The van der Waals surface area contributed by atoms with Crippen molar-refractivity contribution in [3.63, 3.8) is 0 Å². The Morgan fingerprint density at radius 3 is 2.52 bits per heavy atom. The Bertz CT molecular complexity index is 772. The Morgan fingerprint density at radius 2 is 1.83 bits per heavy atom. The van der Waals surface area contributed by atoms with E-state index >= 15 is 0 Å². The van der Waals surface area contributed by atoms with Crippen molar-refractivity contribution >= 4 is 17.0 Å². The summed E-state index contributed by atoms with van der Waals surface area (Å²) in [6, 6.07) is 12.3. The molecule has 0 aromatic heterocycles. The summed E-state index contributed by atoms with van der Waals surface area (Å²) in [4.78, 5) is 12.3. The van der Waals surface area contributed by atoms with Gasteiger partial charge in [-0.15, -0.1) is 0 Å². The van der Waals surface area contributed by atoms with Crippen molar-refractivity contribution in [2.45, 2.75) is 33.6 Å². The first-order valence-electron chi connectivity index (χ1n) is 8.24. The second-order valence-corrected chi connectivity index (χ2v) is 6.24. The number of benzene rings is 2.